The Morgan fingerprint density at radius 2 is 2.00 bits per heavy atom. The van der Waals surface area contributed by atoms with Gasteiger partial charge in [0, 0.05) is 19.6 Å². The summed E-state index contributed by atoms with van der Waals surface area (Å²) >= 11 is 1.10. The molecule has 0 unspecified atom stereocenters. The highest BCUT2D eigenvalue weighted by Crippen LogP contribution is 2.27. The lowest BCUT2D eigenvalue weighted by Gasteiger charge is -2.15. The zero-order chi connectivity index (χ0) is 14.2. The summed E-state index contributed by atoms with van der Waals surface area (Å²) in [5.41, 5.74) is 0.684. The quantitative estimate of drug-likeness (QED) is 0.853. The van der Waals surface area contributed by atoms with Crippen molar-refractivity contribution in [2.75, 3.05) is 24.4 Å². The molecule has 20 heavy (non-hydrogen) atoms. The van der Waals surface area contributed by atoms with Crippen LogP contribution in [0.3, 0.4) is 0 Å². The summed E-state index contributed by atoms with van der Waals surface area (Å²) in [5.74, 6) is -0.165. The summed E-state index contributed by atoms with van der Waals surface area (Å²) in [5, 5.41) is 3.05. The highest BCUT2D eigenvalue weighted by Gasteiger charge is 2.28. The predicted molar refractivity (Wildman–Crippen MR) is 76.1 cm³/mol. The van der Waals surface area contributed by atoms with Crippen LogP contribution in [0.2, 0.25) is 0 Å². The second-order valence-corrected chi connectivity index (χ2v) is 7.54. The Labute approximate surface area is 121 Å². The van der Waals surface area contributed by atoms with E-state index in [-0.39, 0.29) is 11.0 Å². The zero-order valence-corrected chi connectivity index (χ0v) is 12.5. The number of fused-ring (bicyclic) bond motifs is 1. The summed E-state index contributed by atoms with van der Waals surface area (Å²) in [6.45, 7) is 1.72. The maximum absolute atomic E-state index is 12.1. The number of hydrogen-bond acceptors (Lipinski definition) is 5. The van der Waals surface area contributed by atoms with Gasteiger partial charge in [-0.05, 0) is 25.7 Å². The van der Waals surface area contributed by atoms with Crippen molar-refractivity contribution < 1.29 is 13.2 Å². The van der Waals surface area contributed by atoms with Crippen molar-refractivity contribution in [3.05, 3.63) is 10.6 Å². The number of nitrogens with one attached hydrogen (secondary N) is 2. The zero-order valence-electron chi connectivity index (χ0n) is 10.9. The summed E-state index contributed by atoms with van der Waals surface area (Å²) in [6.07, 6.45) is 3.28. The van der Waals surface area contributed by atoms with E-state index in [0.717, 1.165) is 30.6 Å². The molecule has 0 aromatic carbocycles. The van der Waals surface area contributed by atoms with Gasteiger partial charge in [-0.25, -0.2) is 9.71 Å². The van der Waals surface area contributed by atoms with E-state index in [0.29, 0.717) is 36.6 Å². The van der Waals surface area contributed by atoms with Gasteiger partial charge in [0.05, 0.1) is 5.69 Å². The average Bonchev–Trinajstić information content (AvgIpc) is 3.01. The van der Waals surface area contributed by atoms with E-state index >= 15 is 0 Å². The molecule has 9 heteroatoms. The van der Waals surface area contributed by atoms with Gasteiger partial charge in [0.2, 0.25) is 0 Å². The van der Waals surface area contributed by atoms with Crippen molar-refractivity contribution in [2.24, 2.45) is 0 Å². The second-order valence-electron chi connectivity index (χ2n) is 4.87. The van der Waals surface area contributed by atoms with Crippen LogP contribution in [0.15, 0.2) is 0 Å². The molecular weight excluding hydrogens is 300 g/mol. The number of carbonyl (C=O) groups is 1. The van der Waals surface area contributed by atoms with Gasteiger partial charge in [-0.3, -0.25) is 4.79 Å². The molecule has 0 saturated carbocycles. The Morgan fingerprint density at radius 3 is 2.75 bits per heavy atom. The molecule has 0 radical (unpaired) electrons. The van der Waals surface area contributed by atoms with Crippen molar-refractivity contribution in [1.29, 1.82) is 0 Å². The summed E-state index contributed by atoms with van der Waals surface area (Å²) < 4.78 is 28.2. The fourth-order valence-electron chi connectivity index (χ4n) is 2.38. The molecule has 3 heterocycles. The standard InChI is InChI=1S/C11H16N4O3S2/c16-10-9-8(4-3-5-12-10)13-11(19-9)14-20(17,18)15-6-1-2-7-15/h1-7H2,(H,12,16)(H,13,14). The summed E-state index contributed by atoms with van der Waals surface area (Å²) in [4.78, 5) is 16.6. The molecule has 1 aromatic rings. The molecule has 1 fully saturated rings. The molecule has 2 N–H and O–H groups in total. The third-order valence-electron chi connectivity index (χ3n) is 3.40. The van der Waals surface area contributed by atoms with E-state index in [1.165, 1.54) is 4.31 Å². The Morgan fingerprint density at radius 1 is 1.25 bits per heavy atom. The van der Waals surface area contributed by atoms with E-state index in [9.17, 15) is 13.2 Å². The van der Waals surface area contributed by atoms with Gasteiger partial charge < -0.3 is 5.32 Å². The number of carbonyl (C=O) groups excluding carboxylic acids is 1. The van der Waals surface area contributed by atoms with Crippen molar-refractivity contribution in [2.45, 2.75) is 25.7 Å². The molecule has 1 amide bonds. The van der Waals surface area contributed by atoms with Crippen molar-refractivity contribution in [1.82, 2.24) is 14.6 Å². The average molecular weight is 316 g/mol. The number of nitrogens with zero attached hydrogens (tertiary/aromatic N) is 2. The monoisotopic (exact) mass is 316 g/mol. The lowest BCUT2D eigenvalue weighted by Crippen LogP contribution is -2.33. The van der Waals surface area contributed by atoms with Crippen molar-refractivity contribution in [3.8, 4) is 0 Å². The minimum absolute atomic E-state index is 0.165. The molecule has 2 aliphatic rings. The van der Waals surface area contributed by atoms with E-state index in [4.69, 9.17) is 0 Å². The van der Waals surface area contributed by atoms with Gasteiger partial charge in [0.15, 0.2) is 5.13 Å². The molecule has 0 bridgehead atoms. The SMILES string of the molecule is O=C1NCCCc2nc(NS(=O)(=O)N3CCCC3)sc21. The minimum Gasteiger partial charge on any atom is -0.351 e. The van der Waals surface area contributed by atoms with Crippen LogP contribution in [0.1, 0.15) is 34.6 Å². The highest BCUT2D eigenvalue weighted by molar-refractivity contribution is 7.90. The maximum atomic E-state index is 12.1. The second kappa shape index (κ2) is 5.30. The first-order valence-electron chi connectivity index (χ1n) is 6.62. The van der Waals surface area contributed by atoms with E-state index in [1.807, 2.05) is 0 Å². The Balaban J connectivity index is 1.82. The molecule has 0 aliphatic carbocycles. The molecular formula is C11H16N4O3S2. The molecule has 1 aromatic heterocycles. The van der Waals surface area contributed by atoms with Gasteiger partial charge in [0.25, 0.3) is 5.91 Å². The van der Waals surface area contributed by atoms with Gasteiger partial charge in [-0.15, -0.1) is 0 Å². The summed E-state index contributed by atoms with van der Waals surface area (Å²) in [6, 6.07) is 0. The maximum Gasteiger partial charge on any atom is 0.303 e. The Bertz CT molecular complexity index is 620. The molecule has 0 spiro atoms. The lowest BCUT2D eigenvalue weighted by atomic mass is 10.2. The topological polar surface area (TPSA) is 91.4 Å². The van der Waals surface area contributed by atoms with E-state index < -0.39 is 10.2 Å². The molecule has 3 rings (SSSR count). The lowest BCUT2D eigenvalue weighted by molar-refractivity contribution is 0.0960. The van der Waals surface area contributed by atoms with Crippen LogP contribution in [0.25, 0.3) is 0 Å². The number of rotatable bonds is 3. The van der Waals surface area contributed by atoms with Gasteiger partial charge >= 0.3 is 10.2 Å². The fraction of sp³-hybridized carbons (Fsp3) is 0.636. The first-order valence-corrected chi connectivity index (χ1v) is 8.88. The normalized spacial score (nSPS) is 20.3. The van der Waals surface area contributed by atoms with Gasteiger partial charge in [-0.2, -0.15) is 12.7 Å². The highest BCUT2D eigenvalue weighted by atomic mass is 32.2. The van der Waals surface area contributed by atoms with Crippen molar-refractivity contribution >= 4 is 32.6 Å². The Hall–Kier alpha value is -1.19. The Kier molecular flexibility index (Phi) is 3.65. The number of hydrogen-bond donors (Lipinski definition) is 2. The van der Waals surface area contributed by atoms with Crippen LogP contribution in [-0.2, 0) is 16.6 Å². The van der Waals surface area contributed by atoms with E-state index in [2.05, 4.69) is 15.0 Å². The van der Waals surface area contributed by atoms with E-state index in [1.54, 1.807) is 0 Å². The van der Waals surface area contributed by atoms with Gasteiger partial charge in [-0.1, -0.05) is 11.3 Å². The van der Waals surface area contributed by atoms with Crippen LogP contribution in [0.5, 0.6) is 0 Å². The number of aromatic nitrogens is 1. The van der Waals surface area contributed by atoms with Crippen LogP contribution in [-0.4, -0.2) is 43.2 Å². The molecule has 1 saturated heterocycles. The third kappa shape index (κ3) is 2.65. The van der Waals surface area contributed by atoms with Crippen molar-refractivity contribution in [3.63, 3.8) is 0 Å². The fourth-order valence-corrected chi connectivity index (χ4v) is 4.78. The number of anilines is 1. The third-order valence-corrected chi connectivity index (χ3v) is 6.04. The van der Waals surface area contributed by atoms with Crippen LogP contribution in [0, 0.1) is 0 Å². The molecule has 110 valence electrons. The number of amides is 1. The molecule has 0 atom stereocenters. The molecule has 2 aliphatic heterocycles. The first kappa shape index (κ1) is 13.8. The smallest absolute Gasteiger partial charge is 0.303 e. The van der Waals surface area contributed by atoms with Gasteiger partial charge in [0.1, 0.15) is 4.88 Å². The minimum atomic E-state index is -3.54. The number of aryl methyl sites for hydroxylation is 1. The number of thiazole rings is 1. The largest absolute Gasteiger partial charge is 0.351 e. The predicted octanol–water partition coefficient (Wildman–Crippen LogP) is 0.572. The van der Waals surface area contributed by atoms with Crippen LogP contribution < -0.4 is 10.0 Å². The first-order chi connectivity index (χ1) is 9.56. The van der Waals surface area contributed by atoms with Crippen LogP contribution in [0.4, 0.5) is 5.13 Å². The van der Waals surface area contributed by atoms with Crippen LogP contribution >= 0.6 is 11.3 Å². The molecule has 7 nitrogen and oxygen atoms in total. The summed E-state index contributed by atoms with van der Waals surface area (Å²) in [7, 11) is -3.54.